The molecular formula is C32H57N2O11PSSi2. The van der Waals surface area contributed by atoms with E-state index < -0.39 is 51.8 Å². The third-order valence-corrected chi connectivity index (χ3v) is 14.8. The zero-order chi connectivity index (χ0) is 37.2. The quantitative estimate of drug-likeness (QED) is 0.0565. The first-order valence-electron chi connectivity index (χ1n) is 16.7. The second-order valence-electron chi connectivity index (χ2n) is 14.4. The van der Waals surface area contributed by atoms with Gasteiger partial charge < -0.3 is 28.0 Å². The van der Waals surface area contributed by atoms with Gasteiger partial charge in [0.25, 0.3) is 0 Å². The van der Waals surface area contributed by atoms with E-state index in [1.54, 1.807) is 21.0 Å². The van der Waals surface area contributed by atoms with E-state index in [-0.39, 0.29) is 39.3 Å². The van der Waals surface area contributed by atoms with Gasteiger partial charge in [-0.25, -0.2) is 14.3 Å². The number of amides is 1. The summed E-state index contributed by atoms with van der Waals surface area (Å²) in [5.41, 5.74) is 3.51. The number of hydrogen-bond acceptors (Lipinski definition) is 11. The lowest BCUT2D eigenvalue weighted by Gasteiger charge is -2.27. The molecule has 1 atom stereocenters. The molecule has 2 rings (SSSR count). The molecule has 0 saturated heterocycles. The van der Waals surface area contributed by atoms with Crippen molar-refractivity contribution in [1.82, 2.24) is 9.44 Å². The maximum Gasteiger partial charge on any atom is 0.421 e. The Labute approximate surface area is 294 Å². The fourth-order valence-corrected chi connectivity index (χ4v) is 9.80. The molecule has 1 aliphatic rings. The molecule has 13 nitrogen and oxygen atoms in total. The number of carbonyl (C=O) groups is 2. The van der Waals surface area contributed by atoms with E-state index >= 15 is 0 Å². The number of hydrogen-bond donors (Lipinski definition) is 2. The molecule has 1 aliphatic heterocycles. The van der Waals surface area contributed by atoms with Gasteiger partial charge in [-0.1, -0.05) is 50.9 Å². The van der Waals surface area contributed by atoms with Crippen molar-refractivity contribution >= 4 is 46.0 Å². The van der Waals surface area contributed by atoms with Crippen molar-refractivity contribution in [1.29, 1.82) is 0 Å². The standard InChI is InChI=1S/C32H57N2O11PSSi2/c1-12-44-46(37,45-13-2)27(33-47(38,39)34-32(36)42-19-21-49(9,10)11)17-15-23(3)14-16-25-29(40-5)24(4)26-22-43-31(35)28(26)30(25)41-18-20-48(6,7)8/h14,27,33H,12-13,15-22H2,1-11H3,(H,34,36)/b23-14+. The van der Waals surface area contributed by atoms with Crippen molar-refractivity contribution < 1.29 is 50.6 Å². The molecule has 1 heterocycles. The average molecular weight is 765 g/mol. The fourth-order valence-electron chi connectivity index (χ4n) is 5.03. The second kappa shape index (κ2) is 18.3. The summed E-state index contributed by atoms with van der Waals surface area (Å²) in [6.07, 6.45) is 1.46. The minimum atomic E-state index is -4.51. The summed E-state index contributed by atoms with van der Waals surface area (Å²) in [6, 6.07) is 1.56. The van der Waals surface area contributed by atoms with Gasteiger partial charge in [0.2, 0.25) is 0 Å². The third-order valence-electron chi connectivity index (χ3n) is 7.79. The largest absolute Gasteiger partial charge is 0.496 e. The van der Waals surface area contributed by atoms with Crippen molar-refractivity contribution in [2.75, 3.05) is 33.5 Å². The highest BCUT2D eigenvalue weighted by molar-refractivity contribution is 7.88. The molecule has 2 N–H and O–H groups in total. The first-order valence-corrected chi connectivity index (χ1v) is 27.2. The average Bonchev–Trinajstić information content (AvgIpc) is 3.35. The Bertz CT molecular complexity index is 1500. The molecule has 0 saturated carbocycles. The summed E-state index contributed by atoms with van der Waals surface area (Å²) in [4.78, 5) is 25.1. The summed E-state index contributed by atoms with van der Waals surface area (Å²) in [6.45, 7) is 20.8. The minimum Gasteiger partial charge on any atom is -0.496 e. The number of allylic oxidation sites excluding steroid dienone is 2. The normalized spacial score (nSPS) is 14.7. The van der Waals surface area contributed by atoms with E-state index in [1.165, 1.54) is 0 Å². The van der Waals surface area contributed by atoms with E-state index in [1.807, 2.05) is 24.6 Å². The van der Waals surface area contributed by atoms with Crippen LogP contribution in [-0.2, 0) is 46.3 Å². The van der Waals surface area contributed by atoms with E-state index in [4.69, 9.17) is 28.0 Å². The number of fused-ring (bicyclic) bond motifs is 1. The number of methoxy groups -OCH3 is 1. The van der Waals surface area contributed by atoms with Crippen LogP contribution in [0.2, 0.25) is 51.4 Å². The van der Waals surface area contributed by atoms with Gasteiger partial charge in [-0.05, 0) is 64.6 Å². The van der Waals surface area contributed by atoms with Crippen LogP contribution in [0, 0.1) is 6.92 Å². The van der Waals surface area contributed by atoms with Gasteiger partial charge in [-0.3, -0.25) is 4.57 Å². The Hall–Kier alpha value is -2.21. The Kier molecular flexibility index (Phi) is 16.1. The van der Waals surface area contributed by atoms with Gasteiger partial charge in [0.1, 0.15) is 29.5 Å². The van der Waals surface area contributed by atoms with Gasteiger partial charge in [0.05, 0.1) is 33.5 Å². The van der Waals surface area contributed by atoms with Crippen LogP contribution in [0.4, 0.5) is 4.79 Å². The first-order chi connectivity index (χ1) is 22.7. The lowest BCUT2D eigenvalue weighted by atomic mass is 9.94. The molecule has 1 amide bonds. The summed E-state index contributed by atoms with van der Waals surface area (Å²) in [7, 11) is -9.89. The molecule has 0 fully saturated rings. The summed E-state index contributed by atoms with van der Waals surface area (Å²) >= 11 is 0. The predicted molar refractivity (Wildman–Crippen MR) is 197 cm³/mol. The molecule has 1 aromatic rings. The predicted octanol–water partition coefficient (Wildman–Crippen LogP) is 7.15. The maximum absolute atomic E-state index is 13.8. The van der Waals surface area contributed by atoms with Crippen molar-refractivity contribution in [2.45, 2.75) is 111 Å². The topological polar surface area (TPSA) is 165 Å². The summed E-state index contributed by atoms with van der Waals surface area (Å²) in [5.74, 6) is -0.686. The number of ether oxygens (including phenoxy) is 4. The van der Waals surface area contributed by atoms with Crippen LogP contribution in [0.3, 0.4) is 0 Å². The van der Waals surface area contributed by atoms with Crippen LogP contribution in [0.15, 0.2) is 11.6 Å². The third kappa shape index (κ3) is 13.5. The number of rotatable bonds is 21. The second-order valence-corrected chi connectivity index (χ2v) is 29.3. The van der Waals surface area contributed by atoms with Crippen molar-refractivity contribution in [2.24, 2.45) is 0 Å². The van der Waals surface area contributed by atoms with E-state index in [2.05, 4.69) is 44.0 Å². The highest BCUT2D eigenvalue weighted by Gasteiger charge is 2.39. The molecule has 0 aromatic heterocycles. The van der Waals surface area contributed by atoms with Crippen LogP contribution < -0.4 is 18.9 Å². The van der Waals surface area contributed by atoms with E-state index in [9.17, 15) is 22.6 Å². The molecule has 280 valence electrons. The summed E-state index contributed by atoms with van der Waals surface area (Å²) in [5, 5.41) is 0. The van der Waals surface area contributed by atoms with Gasteiger partial charge in [0, 0.05) is 27.3 Å². The zero-order valence-corrected chi connectivity index (χ0v) is 34.8. The minimum absolute atomic E-state index is 0.0108. The van der Waals surface area contributed by atoms with Gasteiger partial charge in [-0.15, -0.1) is 0 Å². The van der Waals surface area contributed by atoms with Crippen LogP contribution >= 0.6 is 7.60 Å². The lowest BCUT2D eigenvalue weighted by molar-refractivity contribution is 0.0532. The van der Waals surface area contributed by atoms with Crippen molar-refractivity contribution in [3.05, 3.63) is 33.9 Å². The summed E-state index contributed by atoms with van der Waals surface area (Å²) < 4.78 is 77.6. The zero-order valence-electron chi connectivity index (χ0n) is 31.1. The van der Waals surface area contributed by atoms with Gasteiger partial charge in [-0.2, -0.15) is 13.1 Å². The molecular weight excluding hydrogens is 708 g/mol. The van der Waals surface area contributed by atoms with E-state index in [0.717, 1.165) is 22.7 Å². The number of nitrogens with one attached hydrogen (secondary N) is 2. The van der Waals surface area contributed by atoms with Crippen LogP contribution in [-0.4, -0.2) is 75.9 Å². The highest BCUT2D eigenvalue weighted by atomic mass is 32.2. The molecule has 0 radical (unpaired) electrons. The first kappa shape index (κ1) is 43.0. The lowest BCUT2D eigenvalue weighted by Crippen LogP contribution is -2.45. The molecule has 17 heteroatoms. The van der Waals surface area contributed by atoms with Crippen LogP contribution in [0.1, 0.15) is 60.7 Å². The highest BCUT2D eigenvalue weighted by Crippen LogP contribution is 2.54. The fraction of sp³-hybridized carbons (Fsp3) is 0.688. The monoisotopic (exact) mass is 764 g/mol. The van der Waals surface area contributed by atoms with Gasteiger partial charge >= 0.3 is 29.9 Å². The smallest absolute Gasteiger partial charge is 0.421 e. The molecule has 1 unspecified atom stereocenters. The molecule has 49 heavy (non-hydrogen) atoms. The van der Waals surface area contributed by atoms with Crippen LogP contribution in [0.5, 0.6) is 11.5 Å². The molecule has 0 spiro atoms. The number of esters is 1. The van der Waals surface area contributed by atoms with Crippen molar-refractivity contribution in [3.63, 3.8) is 0 Å². The number of benzene rings is 1. The van der Waals surface area contributed by atoms with Crippen molar-refractivity contribution in [3.8, 4) is 11.5 Å². The molecule has 0 aliphatic carbocycles. The SMILES string of the molecule is CCOP(=O)(OCC)C(CC/C(C)=C/Cc1c(OC)c(C)c2c(c1OCC[Si](C)(C)C)C(=O)OC2)NS(=O)(=O)NC(=O)OCC[Si](C)(C)C. The number of cyclic esters (lactones) is 1. The number of carbonyl (C=O) groups excluding carboxylic acids is 2. The maximum atomic E-state index is 13.8. The van der Waals surface area contributed by atoms with Gasteiger partial charge in [0.15, 0.2) is 0 Å². The Morgan fingerprint density at radius 1 is 1.02 bits per heavy atom. The molecule has 1 aromatic carbocycles. The Morgan fingerprint density at radius 2 is 1.61 bits per heavy atom. The van der Waals surface area contributed by atoms with E-state index in [0.29, 0.717) is 41.7 Å². The Balaban J connectivity index is 2.35. The Morgan fingerprint density at radius 3 is 2.16 bits per heavy atom. The van der Waals surface area contributed by atoms with Crippen LogP contribution in [0.25, 0.3) is 0 Å². The molecule has 0 bridgehead atoms.